The van der Waals surface area contributed by atoms with E-state index < -0.39 is 0 Å². The number of benzene rings is 1. The summed E-state index contributed by atoms with van der Waals surface area (Å²) < 4.78 is 5.84. The molecule has 0 aliphatic heterocycles. The fourth-order valence-corrected chi connectivity index (χ4v) is 2.17. The fraction of sp³-hybridized carbons (Fsp3) is 0.429. The van der Waals surface area contributed by atoms with Crippen LogP contribution in [0, 0.1) is 13.8 Å². The molecule has 1 aromatic heterocycles. The third-order valence-electron chi connectivity index (χ3n) is 2.93. The predicted molar refractivity (Wildman–Crippen MR) is 67.5 cm³/mol. The van der Waals surface area contributed by atoms with E-state index in [-0.39, 0.29) is 6.04 Å². The average Bonchev–Trinajstić information content (AvgIpc) is 2.62. The molecule has 0 spiro atoms. The largest absolute Gasteiger partial charge is 0.459 e. The Labute approximate surface area is 96.4 Å². The van der Waals surface area contributed by atoms with E-state index in [0.29, 0.717) is 0 Å². The van der Waals surface area contributed by atoms with Gasteiger partial charge in [-0.2, -0.15) is 0 Å². The number of hydrogen-bond donors (Lipinski definition) is 1. The molecule has 0 saturated heterocycles. The van der Waals surface area contributed by atoms with E-state index in [9.17, 15) is 0 Å². The monoisotopic (exact) mass is 217 g/mol. The SMILES string of the molecule is CCCC(N)c1cc2cc(C)cc(C)c2o1. The minimum Gasteiger partial charge on any atom is -0.459 e. The molecule has 16 heavy (non-hydrogen) atoms. The number of rotatable bonds is 3. The molecule has 0 saturated carbocycles. The minimum absolute atomic E-state index is 0.0251. The van der Waals surface area contributed by atoms with Crippen LogP contribution in [0.3, 0.4) is 0 Å². The molecule has 0 radical (unpaired) electrons. The van der Waals surface area contributed by atoms with E-state index in [1.165, 1.54) is 16.5 Å². The van der Waals surface area contributed by atoms with Gasteiger partial charge < -0.3 is 10.2 Å². The first-order valence-corrected chi connectivity index (χ1v) is 5.88. The van der Waals surface area contributed by atoms with Crippen molar-refractivity contribution in [1.82, 2.24) is 0 Å². The van der Waals surface area contributed by atoms with Crippen LogP contribution in [0.15, 0.2) is 22.6 Å². The molecule has 0 aliphatic carbocycles. The first-order chi connectivity index (χ1) is 7.61. The number of nitrogens with two attached hydrogens (primary N) is 1. The van der Waals surface area contributed by atoms with Gasteiger partial charge in [0.05, 0.1) is 6.04 Å². The maximum Gasteiger partial charge on any atom is 0.137 e. The van der Waals surface area contributed by atoms with Crippen LogP contribution < -0.4 is 5.73 Å². The van der Waals surface area contributed by atoms with Crippen LogP contribution in [-0.2, 0) is 0 Å². The molecule has 2 heteroatoms. The number of aryl methyl sites for hydroxylation is 2. The van der Waals surface area contributed by atoms with Crippen LogP contribution in [0.25, 0.3) is 11.0 Å². The zero-order valence-corrected chi connectivity index (χ0v) is 10.2. The summed E-state index contributed by atoms with van der Waals surface area (Å²) in [6.45, 7) is 6.32. The molecule has 2 aromatic rings. The smallest absolute Gasteiger partial charge is 0.137 e. The molecule has 0 bridgehead atoms. The van der Waals surface area contributed by atoms with E-state index in [4.69, 9.17) is 10.2 Å². The Bertz CT molecular complexity index is 499. The number of furan rings is 1. The Morgan fingerprint density at radius 1 is 1.25 bits per heavy atom. The van der Waals surface area contributed by atoms with Crippen LogP contribution in [-0.4, -0.2) is 0 Å². The van der Waals surface area contributed by atoms with Crippen LogP contribution in [0.2, 0.25) is 0 Å². The van der Waals surface area contributed by atoms with Gasteiger partial charge in [0, 0.05) is 5.39 Å². The van der Waals surface area contributed by atoms with Gasteiger partial charge in [0.2, 0.25) is 0 Å². The second kappa shape index (κ2) is 4.30. The Kier molecular flexibility index (Phi) is 3.01. The Morgan fingerprint density at radius 3 is 2.69 bits per heavy atom. The standard InChI is InChI=1S/C14H19NO/c1-4-5-12(15)13-8-11-7-9(2)6-10(3)14(11)16-13/h6-8,12H,4-5,15H2,1-3H3. The van der Waals surface area contributed by atoms with Crippen molar-refractivity contribution in [3.8, 4) is 0 Å². The van der Waals surface area contributed by atoms with Crippen LogP contribution in [0.5, 0.6) is 0 Å². The summed E-state index contributed by atoms with van der Waals surface area (Å²) in [6.07, 6.45) is 2.05. The molecule has 86 valence electrons. The topological polar surface area (TPSA) is 39.2 Å². The highest BCUT2D eigenvalue weighted by Gasteiger charge is 2.12. The van der Waals surface area contributed by atoms with Gasteiger partial charge in [0.1, 0.15) is 11.3 Å². The number of hydrogen-bond acceptors (Lipinski definition) is 2. The molecule has 1 unspecified atom stereocenters. The lowest BCUT2D eigenvalue weighted by Crippen LogP contribution is -2.08. The lowest BCUT2D eigenvalue weighted by atomic mass is 10.1. The lowest BCUT2D eigenvalue weighted by Gasteiger charge is -2.05. The van der Waals surface area contributed by atoms with E-state index in [0.717, 1.165) is 24.2 Å². The van der Waals surface area contributed by atoms with E-state index in [1.54, 1.807) is 0 Å². The third-order valence-corrected chi connectivity index (χ3v) is 2.93. The summed E-state index contributed by atoms with van der Waals surface area (Å²) in [5, 5.41) is 1.17. The number of fused-ring (bicyclic) bond motifs is 1. The van der Waals surface area contributed by atoms with Gasteiger partial charge in [-0.25, -0.2) is 0 Å². The Morgan fingerprint density at radius 2 is 2.00 bits per heavy atom. The van der Waals surface area contributed by atoms with Crippen molar-refractivity contribution in [3.05, 3.63) is 35.1 Å². The summed E-state index contributed by atoms with van der Waals surface area (Å²) in [5.74, 6) is 0.908. The van der Waals surface area contributed by atoms with E-state index in [1.807, 2.05) is 0 Å². The molecule has 1 heterocycles. The van der Waals surface area contributed by atoms with Gasteiger partial charge >= 0.3 is 0 Å². The van der Waals surface area contributed by atoms with Crippen molar-refractivity contribution in [2.45, 2.75) is 39.7 Å². The van der Waals surface area contributed by atoms with E-state index in [2.05, 4.69) is 39.0 Å². The quantitative estimate of drug-likeness (QED) is 0.848. The van der Waals surface area contributed by atoms with Gasteiger partial charge in [0.25, 0.3) is 0 Å². The molecule has 1 atom stereocenters. The average molecular weight is 217 g/mol. The van der Waals surface area contributed by atoms with Crippen LogP contribution in [0.1, 0.15) is 42.7 Å². The highest BCUT2D eigenvalue weighted by atomic mass is 16.3. The van der Waals surface area contributed by atoms with Crippen LogP contribution >= 0.6 is 0 Å². The van der Waals surface area contributed by atoms with Gasteiger partial charge in [0.15, 0.2) is 0 Å². The van der Waals surface area contributed by atoms with Crippen molar-refractivity contribution < 1.29 is 4.42 Å². The van der Waals surface area contributed by atoms with Crippen molar-refractivity contribution in [2.24, 2.45) is 5.73 Å². The van der Waals surface area contributed by atoms with Gasteiger partial charge in [-0.3, -0.25) is 0 Å². The van der Waals surface area contributed by atoms with Crippen molar-refractivity contribution >= 4 is 11.0 Å². The normalized spacial score (nSPS) is 13.2. The third kappa shape index (κ3) is 1.98. The van der Waals surface area contributed by atoms with E-state index >= 15 is 0 Å². The van der Waals surface area contributed by atoms with Gasteiger partial charge in [-0.15, -0.1) is 0 Å². The molecule has 1 aromatic carbocycles. The summed E-state index contributed by atoms with van der Waals surface area (Å²) in [6, 6.07) is 6.39. The molecule has 0 fully saturated rings. The maximum absolute atomic E-state index is 6.06. The van der Waals surface area contributed by atoms with Gasteiger partial charge in [-0.05, 0) is 38.0 Å². The van der Waals surface area contributed by atoms with Crippen LogP contribution in [0.4, 0.5) is 0 Å². The highest BCUT2D eigenvalue weighted by Crippen LogP contribution is 2.28. The Balaban J connectivity index is 2.47. The highest BCUT2D eigenvalue weighted by molar-refractivity contribution is 5.81. The fourth-order valence-electron chi connectivity index (χ4n) is 2.17. The summed E-state index contributed by atoms with van der Waals surface area (Å²) in [5.41, 5.74) is 9.49. The zero-order valence-electron chi connectivity index (χ0n) is 10.2. The first kappa shape index (κ1) is 11.2. The first-order valence-electron chi connectivity index (χ1n) is 5.88. The lowest BCUT2D eigenvalue weighted by molar-refractivity contribution is 0.474. The molecule has 0 amide bonds. The zero-order chi connectivity index (χ0) is 11.7. The molecule has 0 aliphatic rings. The van der Waals surface area contributed by atoms with Crippen molar-refractivity contribution in [3.63, 3.8) is 0 Å². The minimum atomic E-state index is 0.0251. The molecule has 2 N–H and O–H groups in total. The van der Waals surface area contributed by atoms with Crippen molar-refractivity contribution in [2.75, 3.05) is 0 Å². The Hall–Kier alpha value is -1.28. The molecular weight excluding hydrogens is 198 g/mol. The maximum atomic E-state index is 6.06. The molecule has 2 nitrogen and oxygen atoms in total. The summed E-state index contributed by atoms with van der Waals surface area (Å²) >= 11 is 0. The second-order valence-electron chi connectivity index (χ2n) is 4.54. The van der Waals surface area contributed by atoms with Crippen molar-refractivity contribution in [1.29, 1.82) is 0 Å². The molecular formula is C14H19NO. The predicted octanol–water partition coefficient (Wildman–Crippen LogP) is 3.85. The summed E-state index contributed by atoms with van der Waals surface area (Å²) in [4.78, 5) is 0. The van der Waals surface area contributed by atoms with Gasteiger partial charge in [-0.1, -0.05) is 25.0 Å². The second-order valence-corrected chi connectivity index (χ2v) is 4.54. The summed E-state index contributed by atoms with van der Waals surface area (Å²) in [7, 11) is 0. The molecule has 2 rings (SSSR count).